The first-order valence-electron chi connectivity index (χ1n) is 5.09. The highest BCUT2D eigenvalue weighted by atomic mass is 32.2. The summed E-state index contributed by atoms with van der Waals surface area (Å²) in [5.74, 6) is 0. The number of hydrogen-bond donors (Lipinski definition) is 0. The number of benzene rings is 1. The monoisotopic (exact) mass is 239 g/mol. The van der Waals surface area contributed by atoms with Crippen LogP contribution >= 0.6 is 0 Å². The van der Waals surface area contributed by atoms with E-state index in [9.17, 15) is 8.42 Å². The van der Waals surface area contributed by atoms with E-state index in [0.29, 0.717) is 0 Å². The maximum atomic E-state index is 11.8. The highest BCUT2D eigenvalue weighted by Gasteiger charge is 2.13. The zero-order chi connectivity index (χ0) is 12.4. The molecule has 0 bridgehead atoms. The highest BCUT2D eigenvalue weighted by molar-refractivity contribution is 7.90. The Hall–Kier alpha value is -1.16. The van der Waals surface area contributed by atoms with Crippen LogP contribution in [0.3, 0.4) is 0 Å². The third kappa shape index (κ3) is 3.77. The van der Waals surface area contributed by atoms with Crippen molar-refractivity contribution in [1.82, 2.24) is 0 Å². The molecule has 0 N–H and O–H groups in total. The van der Waals surface area contributed by atoms with Gasteiger partial charge in [0.05, 0.1) is 4.90 Å². The van der Waals surface area contributed by atoms with Gasteiger partial charge in [0.1, 0.15) is 0 Å². The standard InChI is InChI=1S/C12H17NO2S/c1-10-5-7-11(8-6-10)16(14,15)13-9-12(2,3)4/h5-9H,1-4H3/b13-9+. The van der Waals surface area contributed by atoms with Gasteiger partial charge in [-0.2, -0.15) is 12.8 Å². The molecule has 0 atom stereocenters. The molecule has 88 valence electrons. The van der Waals surface area contributed by atoms with Crippen LogP contribution in [0.25, 0.3) is 0 Å². The molecule has 0 fully saturated rings. The highest BCUT2D eigenvalue weighted by Crippen LogP contribution is 2.15. The molecule has 0 aliphatic rings. The lowest BCUT2D eigenvalue weighted by atomic mass is 10.00. The van der Waals surface area contributed by atoms with E-state index in [4.69, 9.17) is 0 Å². The summed E-state index contributed by atoms with van der Waals surface area (Å²) in [5, 5.41) is 0. The molecule has 0 saturated carbocycles. The van der Waals surface area contributed by atoms with Crippen LogP contribution in [0.2, 0.25) is 0 Å². The van der Waals surface area contributed by atoms with E-state index in [-0.39, 0.29) is 10.3 Å². The maximum absolute atomic E-state index is 11.8. The molecule has 1 aromatic carbocycles. The summed E-state index contributed by atoms with van der Waals surface area (Å²) < 4.78 is 27.3. The molecule has 1 aromatic rings. The van der Waals surface area contributed by atoms with Gasteiger partial charge >= 0.3 is 0 Å². The molecule has 0 aliphatic carbocycles. The minimum Gasteiger partial charge on any atom is -0.199 e. The summed E-state index contributed by atoms with van der Waals surface area (Å²) in [6, 6.07) is 6.67. The lowest BCUT2D eigenvalue weighted by Gasteiger charge is -2.09. The Morgan fingerprint density at radius 3 is 2.06 bits per heavy atom. The summed E-state index contributed by atoms with van der Waals surface area (Å²) >= 11 is 0. The maximum Gasteiger partial charge on any atom is 0.281 e. The number of sulfonamides is 1. The van der Waals surface area contributed by atoms with Crippen LogP contribution in [0.4, 0.5) is 0 Å². The predicted molar refractivity (Wildman–Crippen MR) is 66.3 cm³/mol. The van der Waals surface area contributed by atoms with Crippen molar-refractivity contribution in [1.29, 1.82) is 0 Å². The van der Waals surface area contributed by atoms with Gasteiger partial charge < -0.3 is 0 Å². The normalized spacial score (nSPS) is 13.2. The van der Waals surface area contributed by atoms with Crippen molar-refractivity contribution in [2.24, 2.45) is 9.81 Å². The number of hydrogen-bond acceptors (Lipinski definition) is 2. The van der Waals surface area contributed by atoms with Crippen molar-refractivity contribution < 1.29 is 8.42 Å². The summed E-state index contributed by atoms with van der Waals surface area (Å²) in [6.07, 6.45) is 1.46. The van der Waals surface area contributed by atoms with Gasteiger partial charge in [0.25, 0.3) is 10.0 Å². The number of rotatable bonds is 2. The molecule has 0 radical (unpaired) electrons. The molecule has 1 rings (SSSR count). The molecule has 3 nitrogen and oxygen atoms in total. The summed E-state index contributed by atoms with van der Waals surface area (Å²) in [4.78, 5) is 0.235. The fourth-order valence-electron chi connectivity index (χ4n) is 0.999. The molecule has 4 heteroatoms. The van der Waals surface area contributed by atoms with Crippen molar-refractivity contribution in [3.63, 3.8) is 0 Å². The molecule has 0 saturated heterocycles. The van der Waals surface area contributed by atoms with E-state index in [1.54, 1.807) is 24.3 Å². The van der Waals surface area contributed by atoms with E-state index in [1.807, 2.05) is 27.7 Å². The Bertz CT molecular complexity index is 479. The van der Waals surface area contributed by atoms with Crippen molar-refractivity contribution in [3.05, 3.63) is 29.8 Å². The first kappa shape index (κ1) is 12.9. The van der Waals surface area contributed by atoms with Crippen LogP contribution in [-0.4, -0.2) is 14.6 Å². The lowest BCUT2D eigenvalue weighted by Crippen LogP contribution is -2.08. The first-order chi connectivity index (χ1) is 7.21. The van der Waals surface area contributed by atoms with Crippen molar-refractivity contribution in [2.75, 3.05) is 0 Å². The van der Waals surface area contributed by atoms with E-state index < -0.39 is 10.0 Å². The second-order valence-electron chi connectivity index (χ2n) is 4.89. The Morgan fingerprint density at radius 1 is 1.12 bits per heavy atom. The quantitative estimate of drug-likeness (QED) is 0.745. The van der Waals surface area contributed by atoms with E-state index >= 15 is 0 Å². The number of nitrogens with zero attached hydrogens (tertiary/aromatic N) is 1. The smallest absolute Gasteiger partial charge is 0.199 e. The third-order valence-electron chi connectivity index (χ3n) is 1.90. The van der Waals surface area contributed by atoms with Crippen LogP contribution in [0.1, 0.15) is 26.3 Å². The SMILES string of the molecule is Cc1ccc(S(=O)(=O)/N=C/C(C)(C)C)cc1. The van der Waals surface area contributed by atoms with Gasteiger partial charge in [-0.05, 0) is 24.5 Å². The van der Waals surface area contributed by atoms with Crippen LogP contribution in [0.5, 0.6) is 0 Å². The summed E-state index contributed by atoms with van der Waals surface area (Å²) in [5.41, 5.74) is 0.788. The van der Waals surface area contributed by atoms with Gasteiger partial charge in [-0.15, -0.1) is 0 Å². The minimum atomic E-state index is -3.54. The Kier molecular flexibility index (Phi) is 3.53. The summed E-state index contributed by atoms with van der Waals surface area (Å²) in [7, 11) is -3.54. The van der Waals surface area contributed by atoms with E-state index in [1.165, 1.54) is 6.21 Å². The zero-order valence-electron chi connectivity index (χ0n) is 10.1. The molecular weight excluding hydrogens is 222 g/mol. The molecule has 0 spiro atoms. The van der Waals surface area contributed by atoms with Gasteiger partial charge in [-0.3, -0.25) is 0 Å². The largest absolute Gasteiger partial charge is 0.281 e. The molecule has 0 aliphatic heterocycles. The zero-order valence-corrected chi connectivity index (χ0v) is 10.9. The first-order valence-corrected chi connectivity index (χ1v) is 6.53. The van der Waals surface area contributed by atoms with Crippen molar-refractivity contribution in [3.8, 4) is 0 Å². The Balaban J connectivity index is 3.04. The number of aryl methyl sites for hydroxylation is 1. The average molecular weight is 239 g/mol. The fraction of sp³-hybridized carbons (Fsp3) is 0.417. The second kappa shape index (κ2) is 4.37. The van der Waals surface area contributed by atoms with Crippen LogP contribution < -0.4 is 0 Å². The average Bonchev–Trinajstić information content (AvgIpc) is 2.15. The second-order valence-corrected chi connectivity index (χ2v) is 6.52. The molecule has 16 heavy (non-hydrogen) atoms. The van der Waals surface area contributed by atoms with Crippen molar-refractivity contribution in [2.45, 2.75) is 32.6 Å². The molecular formula is C12H17NO2S. The van der Waals surface area contributed by atoms with Crippen molar-refractivity contribution >= 4 is 16.2 Å². The van der Waals surface area contributed by atoms with Gasteiger partial charge in [0.15, 0.2) is 0 Å². The Labute approximate surface area is 97.3 Å². The van der Waals surface area contributed by atoms with Gasteiger partial charge in [0, 0.05) is 6.21 Å². The summed E-state index contributed by atoms with van der Waals surface area (Å²) in [6.45, 7) is 7.62. The Morgan fingerprint density at radius 2 is 1.62 bits per heavy atom. The molecule has 0 unspecified atom stereocenters. The van der Waals surface area contributed by atoms with Gasteiger partial charge in [0.2, 0.25) is 0 Å². The minimum absolute atomic E-state index is 0.235. The van der Waals surface area contributed by atoms with Gasteiger partial charge in [-0.25, -0.2) is 0 Å². The topological polar surface area (TPSA) is 46.5 Å². The predicted octanol–water partition coefficient (Wildman–Crippen LogP) is 2.80. The van der Waals surface area contributed by atoms with Crippen LogP contribution in [-0.2, 0) is 10.0 Å². The fourth-order valence-corrected chi connectivity index (χ4v) is 2.06. The molecule has 0 heterocycles. The van der Waals surface area contributed by atoms with E-state index in [2.05, 4.69) is 4.40 Å². The van der Waals surface area contributed by atoms with Crippen LogP contribution in [0, 0.1) is 12.3 Å². The van der Waals surface area contributed by atoms with Gasteiger partial charge in [-0.1, -0.05) is 38.5 Å². The lowest BCUT2D eigenvalue weighted by molar-refractivity contribution is 0.590. The van der Waals surface area contributed by atoms with E-state index in [0.717, 1.165) is 5.56 Å². The van der Waals surface area contributed by atoms with Crippen LogP contribution in [0.15, 0.2) is 33.6 Å². The molecule has 0 amide bonds. The third-order valence-corrected chi connectivity index (χ3v) is 3.15. The molecule has 0 aromatic heterocycles.